The fourth-order valence-electron chi connectivity index (χ4n) is 10.0. The van der Waals surface area contributed by atoms with Crippen molar-refractivity contribution in [2.45, 2.75) is 119 Å². The van der Waals surface area contributed by atoms with Gasteiger partial charge in [-0.25, -0.2) is 9.78 Å². The van der Waals surface area contributed by atoms with E-state index in [4.69, 9.17) is 17.2 Å². The third kappa shape index (κ3) is 23.6. The molecule has 9 amide bonds. The summed E-state index contributed by atoms with van der Waals surface area (Å²) in [6.07, 6.45) is 3.51. The molecule has 0 aliphatic carbocycles. The Hall–Kier alpha value is -10.4. The number of carboxylic acid groups (broad SMARTS) is 1. The highest BCUT2D eigenvalue weighted by molar-refractivity contribution is 7.98. The van der Waals surface area contributed by atoms with Crippen LogP contribution in [0.5, 0.6) is 5.75 Å². The summed E-state index contributed by atoms with van der Waals surface area (Å²) in [6.45, 7) is -0.383. The van der Waals surface area contributed by atoms with E-state index in [1.807, 2.05) is 0 Å². The number of carbonyl (C=O) groups is 10. The highest BCUT2D eigenvalue weighted by Gasteiger charge is 2.37. The van der Waals surface area contributed by atoms with Crippen LogP contribution in [0.2, 0.25) is 0 Å². The van der Waals surface area contributed by atoms with E-state index in [0.29, 0.717) is 44.6 Å². The number of aliphatic hydroxyl groups excluding tert-OH is 2. The summed E-state index contributed by atoms with van der Waals surface area (Å²) in [5, 5.41) is 65.8. The molecular weight excluding hydrogens is 1250 g/mol. The van der Waals surface area contributed by atoms with Crippen molar-refractivity contribution >= 4 is 87.8 Å². The topological polar surface area (TPSA) is 495 Å². The van der Waals surface area contributed by atoms with E-state index in [1.165, 1.54) is 55.5 Å². The number of benzene rings is 4. The third-order valence-corrected chi connectivity index (χ3v) is 15.7. The van der Waals surface area contributed by atoms with Gasteiger partial charge in [0.25, 0.3) is 0 Å². The third-order valence-electron chi connectivity index (χ3n) is 15.1. The number of carbonyl (C=O) groups excluding carboxylic acids is 9. The quantitative estimate of drug-likeness (QED) is 0.0110. The van der Waals surface area contributed by atoms with Crippen LogP contribution < -0.4 is 65.1 Å². The summed E-state index contributed by atoms with van der Waals surface area (Å²) < 4.78 is 0. The SMILES string of the molecule is CSCC[C@H](NC(=O)[C@H](Cc1c[nH]c2ccccc12)NC(=O)[C@H](Cc1ccc(O)cc1)NC(=O)[C@H](CO)NC(=O)[C@H](CCCN=C(N)N)NC(=O)[C@H](Cc1ccccc1)NC(=O)[C@@H](NC(=O)[C@H](Cc1ccccc1)NC(=O)CN)[C@@H](C)O)C(=O)N[C@@H](Cc1cnc[nH]1)C(=O)O. The van der Waals surface area contributed by atoms with Crippen LogP contribution in [-0.4, -0.2) is 193 Å². The fraction of sp³-hybridized carbons (Fsp3) is 0.375. The van der Waals surface area contributed by atoms with Crippen molar-refractivity contribution in [2.75, 3.05) is 31.7 Å². The maximum Gasteiger partial charge on any atom is 0.326 e. The van der Waals surface area contributed by atoms with E-state index in [2.05, 4.69) is 67.8 Å². The molecule has 4 aromatic carbocycles. The molecule has 0 saturated heterocycles. The number of aliphatic hydroxyl groups is 2. The second-order valence-corrected chi connectivity index (χ2v) is 23.3. The number of hydrogen-bond acceptors (Lipinski definition) is 17. The summed E-state index contributed by atoms with van der Waals surface area (Å²) in [5.74, 6) is -9.83. The van der Waals surface area contributed by atoms with Crippen LogP contribution in [0.3, 0.4) is 0 Å². The molecule has 21 N–H and O–H groups in total. The molecule has 95 heavy (non-hydrogen) atoms. The lowest BCUT2D eigenvalue weighted by molar-refractivity contribution is -0.142. The molecular formula is C64H82N16O14S. The van der Waals surface area contributed by atoms with Crippen LogP contribution >= 0.6 is 11.8 Å². The number of phenolic OH excluding ortho intramolecular Hbond substituents is 1. The van der Waals surface area contributed by atoms with Gasteiger partial charge < -0.3 is 95.4 Å². The lowest BCUT2D eigenvalue weighted by Crippen LogP contribution is -2.62. The Morgan fingerprint density at radius 1 is 0.558 bits per heavy atom. The number of nitrogens with two attached hydrogens (primary N) is 3. The van der Waals surface area contributed by atoms with Gasteiger partial charge in [0.1, 0.15) is 60.1 Å². The molecule has 0 spiro atoms. The molecule has 0 unspecified atom stereocenters. The number of aliphatic carboxylic acids is 1. The van der Waals surface area contributed by atoms with Gasteiger partial charge in [-0.2, -0.15) is 11.8 Å². The molecule has 10 atom stereocenters. The molecule has 0 aliphatic rings. The number of nitrogens with one attached hydrogen (secondary N) is 11. The summed E-state index contributed by atoms with van der Waals surface area (Å²) in [6, 6.07) is 15.9. The summed E-state index contributed by atoms with van der Waals surface area (Å²) in [7, 11) is 0. The number of nitrogens with zero attached hydrogens (tertiary/aromatic N) is 2. The Morgan fingerprint density at radius 2 is 1.03 bits per heavy atom. The van der Waals surface area contributed by atoms with Gasteiger partial charge in [-0.05, 0) is 78.6 Å². The van der Waals surface area contributed by atoms with Gasteiger partial charge in [-0.3, -0.25) is 48.1 Å². The van der Waals surface area contributed by atoms with Gasteiger partial charge in [0.2, 0.25) is 53.2 Å². The van der Waals surface area contributed by atoms with E-state index < -0.39 is 133 Å². The standard InChI is InChI=1S/C64H82N16O14S/c1-36(82)54(80-60(90)47(72-53(84)31-65)26-37-12-5-3-6-13-37)62(92)77-49(27-38-14-7-4-8-15-38)57(87)73-45(18-11-24-69-64(66)67)55(85)79-52(34-81)61(91)75-48(28-39-19-21-42(83)22-20-39)58(88)76-50(29-40-32-70-44-17-10-9-16-43(40)44)59(89)74-46(23-25-95-2)56(86)78-51(63(93)94)30-41-33-68-35-71-41/h3-10,12-17,19-22,32-33,35-36,45-52,54,70,81-83H,11,18,23-31,34,65H2,1-2H3,(H,68,71)(H,72,84)(H,73,87)(H,74,89)(H,75,91)(H,76,88)(H,77,92)(H,78,86)(H,79,85)(H,80,90)(H,93,94)(H4,66,67,69)/t36-,45+,46+,47+,48+,49+,50+,51+,52+,54+/m1/s1. The van der Waals surface area contributed by atoms with Gasteiger partial charge in [0, 0.05) is 67.6 Å². The number of guanidine groups is 1. The number of thioether (sulfide) groups is 1. The number of aromatic amines is 2. The number of hydrogen-bond donors (Lipinski definition) is 18. The largest absolute Gasteiger partial charge is 0.508 e. The number of carboxylic acids is 1. The van der Waals surface area contributed by atoms with Crippen molar-refractivity contribution in [2.24, 2.45) is 22.2 Å². The number of para-hydroxylation sites is 1. The number of aliphatic imine (C=N–C) groups is 1. The highest BCUT2D eigenvalue weighted by atomic mass is 32.2. The van der Waals surface area contributed by atoms with E-state index in [1.54, 1.807) is 97.4 Å². The number of fused-ring (bicyclic) bond motifs is 1. The lowest BCUT2D eigenvalue weighted by atomic mass is 10.0. The minimum absolute atomic E-state index is 0.0281. The molecule has 2 heterocycles. The zero-order valence-electron chi connectivity index (χ0n) is 52.3. The van der Waals surface area contributed by atoms with Crippen LogP contribution in [0.15, 0.2) is 133 Å². The van der Waals surface area contributed by atoms with Gasteiger partial charge in [-0.1, -0.05) is 91.0 Å². The number of aromatic hydroxyl groups is 1. The van der Waals surface area contributed by atoms with Crippen LogP contribution in [-0.2, 0) is 80.0 Å². The van der Waals surface area contributed by atoms with Crippen LogP contribution in [0.25, 0.3) is 10.9 Å². The number of amides is 9. The normalized spacial score (nSPS) is 14.2. The maximum absolute atomic E-state index is 14.9. The second-order valence-electron chi connectivity index (χ2n) is 22.3. The average molecular weight is 1330 g/mol. The van der Waals surface area contributed by atoms with Crippen molar-refractivity contribution in [1.29, 1.82) is 0 Å². The monoisotopic (exact) mass is 1330 g/mol. The zero-order chi connectivity index (χ0) is 69.0. The summed E-state index contributed by atoms with van der Waals surface area (Å²) >= 11 is 1.36. The highest BCUT2D eigenvalue weighted by Crippen LogP contribution is 2.21. The Kier molecular flexibility index (Phi) is 29.0. The van der Waals surface area contributed by atoms with Crippen molar-refractivity contribution in [1.82, 2.24) is 62.8 Å². The molecule has 6 rings (SSSR count). The number of imidazole rings is 1. The Bertz CT molecular complexity index is 3560. The summed E-state index contributed by atoms with van der Waals surface area (Å²) in [5.41, 5.74) is 19.9. The van der Waals surface area contributed by atoms with Gasteiger partial charge >= 0.3 is 5.97 Å². The Labute approximate surface area is 551 Å². The van der Waals surface area contributed by atoms with Gasteiger partial charge in [-0.15, -0.1) is 0 Å². The van der Waals surface area contributed by atoms with Crippen LogP contribution in [0.4, 0.5) is 0 Å². The first kappa shape index (κ1) is 73.7. The molecule has 30 nitrogen and oxygen atoms in total. The smallest absolute Gasteiger partial charge is 0.326 e. The lowest BCUT2D eigenvalue weighted by Gasteiger charge is -2.28. The van der Waals surface area contributed by atoms with Crippen LogP contribution in [0.1, 0.15) is 54.1 Å². The van der Waals surface area contributed by atoms with Crippen molar-refractivity contribution in [3.05, 3.63) is 156 Å². The predicted octanol–water partition coefficient (Wildman–Crippen LogP) is -2.30. The van der Waals surface area contributed by atoms with E-state index in [-0.39, 0.29) is 69.6 Å². The Balaban J connectivity index is 1.26. The first-order chi connectivity index (χ1) is 45.5. The molecule has 0 bridgehead atoms. The van der Waals surface area contributed by atoms with Gasteiger partial charge in [0.15, 0.2) is 5.96 Å². The van der Waals surface area contributed by atoms with E-state index in [0.717, 1.165) is 0 Å². The van der Waals surface area contributed by atoms with Gasteiger partial charge in [0.05, 0.1) is 25.6 Å². The average Bonchev–Trinajstić information content (AvgIpc) is 1.97. The molecule has 31 heteroatoms. The number of aromatic nitrogens is 3. The number of H-pyrrole nitrogens is 2. The molecule has 6 aromatic rings. The second kappa shape index (κ2) is 37.4. The van der Waals surface area contributed by atoms with E-state index >= 15 is 0 Å². The van der Waals surface area contributed by atoms with E-state index in [9.17, 15) is 68.4 Å². The molecule has 508 valence electrons. The molecule has 0 saturated carbocycles. The van der Waals surface area contributed by atoms with Crippen molar-refractivity contribution in [3.63, 3.8) is 0 Å². The molecule has 0 fully saturated rings. The fourth-order valence-corrected chi connectivity index (χ4v) is 10.5. The first-order valence-electron chi connectivity index (χ1n) is 30.4. The predicted molar refractivity (Wildman–Crippen MR) is 352 cm³/mol. The zero-order valence-corrected chi connectivity index (χ0v) is 53.1. The van der Waals surface area contributed by atoms with Crippen molar-refractivity contribution < 1.29 is 68.4 Å². The molecule has 0 aliphatic heterocycles. The minimum Gasteiger partial charge on any atom is -0.508 e. The number of phenols is 1. The minimum atomic E-state index is -1.85. The Morgan fingerprint density at radius 3 is 1.56 bits per heavy atom. The van der Waals surface area contributed by atoms with Crippen molar-refractivity contribution in [3.8, 4) is 5.75 Å². The first-order valence-corrected chi connectivity index (χ1v) is 31.8. The molecule has 2 aromatic heterocycles. The summed E-state index contributed by atoms with van der Waals surface area (Å²) in [4.78, 5) is 154. The maximum atomic E-state index is 14.9. The number of rotatable bonds is 38. The van der Waals surface area contributed by atoms with Crippen LogP contribution in [0, 0.1) is 0 Å². The molecule has 0 radical (unpaired) electrons.